The number of aliphatic hydroxyl groups is 8. The standard InChI is InChI=1S/C87H161NO13/c1-3-5-7-9-11-13-15-17-19-21-23-25-27-29-31-33-35-37-38-39-41-43-45-47-49-51-53-55-57-59-61-63-65-67-69-71-79(92)88-75(74-98-86-84(97)82(95)85(78(73-90)100-86)101-87-83(96)81(94)80(93)77(72-89)99-87)76(91)70-68-66-64-62-60-58-56-54-52-50-48-46-44-42-40-36-34-32-30-28-26-24-22-20-18-16-14-12-10-8-6-4-2/h5,7,11,13,17,19,23,25,29,31,75-78,80-87,89-91,93-97H,3-4,6,8-10,12,14-16,18,20-22,24,26-28,30,32-74H2,1-2H3,(H,88,92)/b7-5-,13-11-,19-17-,25-23-,31-29-. The van der Waals surface area contributed by atoms with Gasteiger partial charge in [0.1, 0.15) is 48.8 Å². The Hall–Kier alpha value is -2.31. The van der Waals surface area contributed by atoms with Crippen LogP contribution < -0.4 is 5.32 Å². The first-order chi connectivity index (χ1) is 49.6. The SMILES string of the molecule is CC/C=C\C/C=C\C/C=C\C/C=C\C/C=C\CCCCCCCCCCCCCCCCCCCCCC(=O)NC(COC1OC(CO)C(OC2OC(CO)C(O)C(O)C2O)C(O)C1O)C(O)CCCCCCCCCCCCCCCCCCCCCCCCCCCCCCCCCC. The topological polar surface area (TPSA) is 228 Å². The van der Waals surface area contributed by atoms with Crippen LogP contribution in [-0.2, 0) is 23.7 Å². The molecule has 2 heterocycles. The van der Waals surface area contributed by atoms with E-state index >= 15 is 0 Å². The van der Waals surface area contributed by atoms with Crippen LogP contribution in [0.1, 0.15) is 393 Å². The second-order valence-electron chi connectivity index (χ2n) is 30.3. The van der Waals surface area contributed by atoms with Gasteiger partial charge in [-0.1, -0.05) is 389 Å². The highest BCUT2D eigenvalue weighted by Crippen LogP contribution is 2.31. The molecule has 2 aliphatic rings. The van der Waals surface area contributed by atoms with E-state index < -0.39 is 86.8 Å². The number of hydrogen-bond donors (Lipinski definition) is 9. The van der Waals surface area contributed by atoms with Crippen molar-refractivity contribution in [1.29, 1.82) is 0 Å². The van der Waals surface area contributed by atoms with Crippen molar-refractivity contribution < 1.29 is 64.6 Å². The van der Waals surface area contributed by atoms with Crippen LogP contribution in [0.2, 0.25) is 0 Å². The number of amides is 1. The Balaban J connectivity index is 1.57. The van der Waals surface area contributed by atoms with E-state index in [1.54, 1.807) is 0 Å². The molecule has 12 atom stereocenters. The summed E-state index contributed by atoms with van der Waals surface area (Å²) in [6, 6.07) is -0.832. The minimum absolute atomic E-state index is 0.200. The fraction of sp³-hybridized carbons (Fsp3) is 0.874. The molecule has 12 unspecified atom stereocenters. The Labute approximate surface area is 619 Å². The molecule has 0 spiro atoms. The van der Waals surface area contributed by atoms with Crippen LogP contribution in [0, 0.1) is 0 Å². The third-order valence-electron chi connectivity index (χ3n) is 21.0. The molecule has 2 fully saturated rings. The number of carbonyl (C=O) groups excluding carboxylic acids is 1. The van der Waals surface area contributed by atoms with E-state index in [1.807, 2.05) is 0 Å². The van der Waals surface area contributed by atoms with E-state index in [0.29, 0.717) is 12.8 Å². The van der Waals surface area contributed by atoms with Gasteiger partial charge in [0.2, 0.25) is 5.91 Å². The maximum absolute atomic E-state index is 13.4. The summed E-state index contributed by atoms with van der Waals surface area (Å²) in [6.07, 6.45) is 79.9. The summed E-state index contributed by atoms with van der Waals surface area (Å²) in [5, 5.41) is 88.0. The van der Waals surface area contributed by atoms with Gasteiger partial charge < -0.3 is 65.1 Å². The molecule has 0 aromatic rings. The number of carbonyl (C=O) groups is 1. The van der Waals surface area contributed by atoms with Gasteiger partial charge in [-0.05, 0) is 57.8 Å². The van der Waals surface area contributed by atoms with Crippen LogP contribution >= 0.6 is 0 Å². The third-order valence-corrected chi connectivity index (χ3v) is 21.0. The summed E-state index contributed by atoms with van der Waals surface area (Å²) in [4.78, 5) is 13.4. The van der Waals surface area contributed by atoms with Crippen LogP contribution in [0.5, 0.6) is 0 Å². The lowest BCUT2D eigenvalue weighted by Crippen LogP contribution is -2.65. The Morgan fingerprint density at radius 3 is 1.05 bits per heavy atom. The summed E-state index contributed by atoms with van der Waals surface area (Å²) < 4.78 is 23.0. The average molecular weight is 1430 g/mol. The van der Waals surface area contributed by atoms with Crippen LogP contribution in [0.3, 0.4) is 0 Å². The molecule has 0 bridgehead atoms. The smallest absolute Gasteiger partial charge is 0.220 e. The summed E-state index contributed by atoms with van der Waals surface area (Å²) in [7, 11) is 0. The third kappa shape index (κ3) is 53.2. The van der Waals surface area contributed by atoms with E-state index in [9.17, 15) is 45.6 Å². The molecule has 592 valence electrons. The molecule has 2 aliphatic heterocycles. The minimum atomic E-state index is -1.78. The van der Waals surface area contributed by atoms with Gasteiger partial charge in [-0.3, -0.25) is 4.79 Å². The number of rotatable bonds is 73. The molecule has 2 saturated heterocycles. The fourth-order valence-corrected chi connectivity index (χ4v) is 14.3. The van der Waals surface area contributed by atoms with Crippen molar-refractivity contribution in [1.82, 2.24) is 5.32 Å². The normalized spacial score (nSPS) is 22.0. The largest absolute Gasteiger partial charge is 0.394 e. The second-order valence-corrected chi connectivity index (χ2v) is 30.3. The summed E-state index contributed by atoms with van der Waals surface area (Å²) in [5.74, 6) is -0.200. The Morgan fingerprint density at radius 2 is 0.683 bits per heavy atom. The summed E-state index contributed by atoms with van der Waals surface area (Å²) in [5.41, 5.74) is 0. The van der Waals surface area contributed by atoms with Crippen LogP contribution in [-0.4, -0.2) is 140 Å². The molecule has 1 amide bonds. The van der Waals surface area contributed by atoms with Gasteiger partial charge in [-0.2, -0.15) is 0 Å². The molecule has 0 aromatic carbocycles. The summed E-state index contributed by atoms with van der Waals surface area (Å²) >= 11 is 0. The zero-order valence-corrected chi connectivity index (χ0v) is 65.2. The van der Waals surface area contributed by atoms with Gasteiger partial charge in [-0.15, -0.1) is 0 Å². The molecule has 0 radical (unpaired) electrons. The lowest BCUT2D eigenvalue weighted by molar-refractivity contribution is -0.359. The van der Waals surface area contributed by atoms with Crippen molar-refractivity contribution in [3.63, 3.8) is 0 Å². The van der Waals surface area contributed by atoms with Crippen LogP contribution in [0.4, 0.5) is 0 Å². The predicted octanol–water partition coefficient (Wildman–Crippen LogP) is 20.3. The first-order valence-electron chi connectivity index (χ1n) is 43.0. The number of nitrogens with one attached hydrogen (secondary N) is 1. The molecule has 101 heavy (non-hydrogen) atoms. The van der Waals surface area contributed by atoms with Gasteiger partial charge in [0.05, 0.1) is 32.0 Å². The molecule has 9 N–H and O–H groups in total. The monoisotopic (exact) mass is 1430 g/mol. The maximum atomic E-state index is 13.4. The Morgan fingerprint density at radius 1 is 0.366 bits per heavy atom. The van der Waals surface area contributed by atoms with E-state index in [0.717, 1.165) is 83.5 Å². The molecular formula is C87H161NO13. The van der Waals surface area contributed by atoms with Crippen molar-refractivity contribution in [3.05, 3.63) is 60.8 Å². The average Bonchev–Trinajstić information content (AvgIpc) is 0.791. The van der Waals surface area contributed by atoms with Gasteiger partial charge in [0.15, 0.2) is 12.6 Å². The van der Waals surface area contributed by atoms with E-state index in [-0.39, 0.29) is 12.5 Å². The minimum Gasteiger partial charge on any atom is -0.394 e. The zero-order chi connectivity index (χ0) is 73.0. The fourth-order valence-electron chi connectivity index (χ4n) is 14.3. The lowest BCUT2D eigenvalue weighted by atomic mass is 9.97. The van der Waals surface area contributed by atoms with Crippen molar-refractivity contribution in [2.75, 3.05) is 19.8 Å². The molecular weight excluding hydrogens is 1270 g/mol. The molecule has 0 aromatic heterocycles. The summed E-state index contributed by atoms with van der Waals surface area (Å²) in [6.45, 7) is 2.81. The van der Waals surface area contributed by atoms with Crippen molar-refractivity contribution >= 4 is 5.91 Å². The number of ether oxygens (including phenoxy) is 4. The lowest BCUT2D eigenvalue weighted by Gasteiger charge is -2.46. The predicted molar refractivity (Wildman–Crippen MR) is 420 cm³/mol. The molecule has 14 heteroatoms. The quantitative estimate of drug-likeness (QED) is 0.0204. The zero-order valence-electron chi connectivity index (χ0n) is 65.2. The van der Waals surface area contributed by atoms with E-state index in [1.165, 1.54) is 283 Å². The van der Waals surface area contributed by atoms with Gasteiger partial charge in [0.25, 0.3) is 0 Å². The number of unbranched alkanes of at least 4 members (excludes halogenated alkanes) is 50. The number of hydrogen-bond acceptors (Lipinski definition) is 13. The first-order valence-corrected chi connectivity index (χ1v) is 43.0. The molecule has 2 rings (SSSR count). The first kappa shape index (κ1) is 94.8. The van der Waals surface area contributed by atoms with Crippen molar-refractivity contribution in [2.45, 2.75) is 466 Å². The Kier molecular flexibility index (Phi) is 66.3. The van der Waals surface area contributed by atoms with E-state index in [2.05, 4.69) is 79.9 Å². The highest BCUT2D eigenvalue weighted by molar-refractivity contribution is 5.76. The van der Waals surface area contributed by atoms with Crippen LogP contribution in [0.15, 0.2) is 60.8 Å². The Bertz CT molecular complexity index is 1930. The number of aliphatic hydroxyl groups excluding tert-OH is 8. The van der Waals surface area contributed by atoms with Gasteiger partial charge >= 0.3 is 0 Å². The van der Waals surface area contributed by atoms with Crippen LogP contribution in [0.25, 0.3) is 0 Å². The number of allylic oxidation sites excluding steroid dienone is 10. The van der Waals surface area contributed by atoms with Crippen molar-refractivity contribution in [2.24, 2.45) is 0 Å². The van der Waals surface area contributed by atoms with Crippen molar-refractivity contribution in [3.8, 4) is 0 Å². The molecule has 0 aliphatic carbocycles. The molecule has 0 saturated carbocycles. The maximum Gasteiger partial charge on any atom is 0.220 e. The second kappa shape index (κ2) is 70.7. The highest BCUT2D eigenvalue weighted by Gasteiger charge is 2.51. The van der Waals surface area contributed by atoms with E-state index in [4.69, 9.17) is 18.9 Å². The van der Waals surface area contributed by atoms with Gasteiger partial charge in [-0.25, -0.2) is 0 Å². The van der Waals surface area contributed by atoms with Gasteiger partial charge in [0, 0.05) is 6.42 Å². The highest BCUT2D eigenvalue weighted by atomic mass is 16.7. The molecule has 14 nitrogen and oxygen atoms in total.